The molecular formula is C23H23ClN2O5S. The number of anilines is 1. The summed E-state index contributed by atoms with van der Waals surface area (Å²) in [6, 6.07) is 19.0. The van der Waals surface area contributed by atoms with Crippen molar-refractivity contribution in [2.75, 3.05) is 19.5 Å². The number of carbonyl (C=O) groups excluding carboxylic acids is 1. The van der Waals surface area contributed by atoms with Crippen LogP contribution in [0.15, 0.2) is 77.7 Å². The lowest BCUT2D eigenvalue weighted by atomic mass is 10.1. The standard InChI is InChI=1S/C23H23ClN2O5S/c1-30-18-10-6-9-17(14-18)25-23(27)21(13-16-7-4-3-5-8-16)26-32(28,29)19-11-12-22(31-2)20(24)15-19/h3-12,14-15,21,26H,13H2,1-2H3,(H,25,27)/t21-/m0/s1. The minimum Gasteiger partial charge on any atom is -0.497 e. The van der Waals surface area contributed by atoms with Gasteiger partial charge in [0.05, 0.1) is 24.1 Å². The number of nitrogens with one attached hydrogen (secondary N) is 2. The zero-order valence-corrected chi connectivity index (χ0v) is 19.1. The van der Waals surface area contributed by atoms with Gasteiger partial charge in [0.1, 0.15) is 17.5 Å². The van der Waals surface area contributed by atoms with Crippen LogP contribution in [0.5, 0.6) is 11.5 Å². The molecular weight excluding hydrogens is 452 g/mol. The summed E-state index contributed by atoms with van der Waals surface area (Å²) in [4.78, 5) is 13.0. The van der Waals surface area contributed by atoms with Gasteiger partial charge in [0, 0.05) is 11.8 Å². The van der Waals surface area contributed by atoms with Crippen molar-refractivity contribution in [3.63, 3.8) is 0 Å². The number of benzene rings is 3. The topological polar surface area (TPSA) is 93.7 Å². The molecule has 0 radical (unpaired) electrons. The third kappa shape index (κ3) is 6.00. The summed E-state index contributed by atoms with van der Waals surface area (Å²) in [6.07, 6.45) is 0.153. The number of hydrogen-bond donors (Lipinski definition) is 2. The van der Waals surface area contributed by atoms with Crippen LogP contribution in [-0.2, 0) is 21.2 Å². The first-order chi connectivity index (χ1) is 15.3. The molecule has 0 fully saturated rings. The maximum atomic E-state index is 13.1. The van der Waals surface area contributed by atoms with Crippen molar-refractivity contribution < 1.29 is 22.7 Å². The van der Waals surface area contributed by atoms with Crippen LogP contribution < -0.4 is 19.5 Å². The Kier molecular flexibility index (Phi) is 7.74. The average molecular weight is 475 g/mol. The monoisotopic (exact) mass is 474 g/mol. The van der Waals surface area contributed by atoms with Gasteiger partial charge in [-0.1, -0.05) is 48.0 Å². The molecule has 0 saturated carbocycles. The Morgan fingerprint density at radius 2 is 1.72 bits per heavy atom. The van der Waals surface area contributed by atoms with Crippen molar-refractivity contribution in [3.8, 4) is 11.5 Å². The third-order valence-corrected chi connectivity index (χ3v) is 6.43. The van der Waals surface area contributed by atoms with E-state index in [1.54, 1.807) is 24.3 Å². The summed E-state index contributed by atoms with van der Waals surface area (Å²) >= 11 is 6.09. The molecule has 1 atom stereocenters. The highest BCUT2D eigenvalue weighted by Crippen LogP contribution is 2.27. The number of carbonyl (C=O) groups is 1. The van der Waals surface area contributed by atoms with Crippen molar-refractivity contribution in [1.29, 1.82) is 0 Å². The Hall–Kier alpha value is -3.07. The average Bonchev–Trinajstić information content (AvgIpc) is 2.79. The van der Waals surface area contributed by atoms with Crippen molar-refractivity contribution in [3.05, 3.63) is 83.4 Å². The van der Waals surface area contributed by atoms with E-state index in [0.717, 1.165) is 5.56 Å². The molecule has 0 aromatic heterocycles. The molecule has 0 aliphatic rings. The SMILES string of the molecule is COc1cccc(NC(=O)[C@H](Cc2ccccc2)NS(=O)(=O)c2ccc(OC)c(Cl)c2)c1. The van der Waals surface area contributed by atoms with Crippen LogP contribution in [0, 0.1) is 0 Å². The summed E-state index contributed by atoms with van der Waals surface area (Å²) in [5.41, 5.74) is 1.29. The number of halogens is 1. The van der Waals surface area contributed by atoms with Crippen molar-refractivity contribution >= 4 is 33.2 Å². The van der Waals surface area contributed by atoms with Crippen molar-refractivity contribution in [2.45, 2.75) is 17.4 Å². The molecule has 0 aliphatic heterocycles. The second kappa shape index (κ2) is 10.5. The first-order valence-electron chi connectivity index (χ1n) is 9.67. The van der Waals surface area contributed by atoms with Gasteiger partial charge >= 0.3 is 0 Å². The molecule has 0 aliphatic carbocycles. The predicted octanol–water partition coefficient (Wildman–Crippen LogP) is 3.89. The van der Waals surface area contributed by atoms with E-state index in [4.69, 9.17) is 21.1 Å². The maximum Gasteiger partial charge on any atom is 0.242 e. The fourth-order valence-electron chi connectivity index (χ4n) is 3.04. The predicted molar refractivity (Wildman–Crippen MR) is 124 cm³/mol. The number of rotatable bonds is 9. The van der Waals surface area contributed by atoms with Crippen LogP contribution in [0.25, 0.3) is 0 Å². The Bertz CT molecular complexity index is 1190. The van der Waals surface area contributed by atoms with E-state index in [0.29, 0.717) is 17.2 Å². The fourth-order valence-corrected chi connectivity index (χ4v) is 4.58. The number of hydrogen-bond acceptors (Lipinski definition) is 5. The molecule has 3 rings (SSSR count). The van der Waals surface area contributed by atoms with E-state index in [-0.39, 0.29) is 16.3 Å². The van der Waals surface area contributed by atoms with Crippen LogP contribution >= 0.6 is 11.6 Å². The second-order valence-electron chi connectivity index (χ2n) is 6.88. The lowest BCUT2D eigenvalue weighted by molar-refractivity contribution is -0.117. The van der Waals surface area contributed by atoms with Crippen LogP contribution in [0.3, 0.4) is 0 Å². The molecule has 32 heavy (non-hydrogen) atoms. The molecule has 0 saturated heterocycles. The van der Waals surface area contributed by atoms with Gasteiger partial charge < -0.3 is 14.8 Å². The van der Waals surface area contributed by atoms with Crippen LogP contribution in [0.1, 0.15) is 5.56 Å². The van der Waals surface area contributed by atoms with Crippen molar-refractivity contribution in [1.82, 2.24) is 4.72 Å². The van der Waals surface area contributed by atoms with Crippen LogP contribution in [-0.4, -0.2) is 34.6 Å². The quantitative estimate of drug-likeness (QED) is 0.490. The Labute approximate surface area is 192 Å². The van der Waals surface area contributed by atoms with Gasteiger partial charge in [-0.25, -0.2) is 8.42 Å². The van der Waals surface area contributed by atoms with E-state index in [2.05, 4.69) is 10.0 Å². The summed E-state index contributed by atoms with van der Waals surface area (Å²) < 4.78 is 38.8. The summed E-state index contributed by atoms with van der Waals surface area (Å²) in [5.74, 6) is 0.406. The van der Waals surface area contributed by atoms with Gasteiger partial charge in [0.15, 0.2) is 0 Å². The molecule has 2 N–H and O–H groups in total. The lowest BCUT2D eigenvalue weighted by Crippen LogP contribution is -2.45. The molecule has 168 valence electrons. The number of sulfonamides is 1. The van der Waals surface area contributed by atoms with E-state index in [9.17, 15) is 13.2 Å². The molecule has 0 bridgehead atoms. The highest BCUT2D eigenvalue weighted by atomic mass is 35.5. The molecule has 9 heteroatoms. The largest absolute Gasteiger partial charge is 0.497 e. The first kappa shape index (κ1) is 23.6. The maximum absolute atomic E-state index is 13.1. The highest BCUT2D eigenvalue weighted by Gasteiger charge is 2.27. The smallest absolute Gasteiger partial charge is 0.242 e. The lowest BCUT2D eigenvalue weighted by Gasteiger charge is -2.19. The molecule has 1 amide bonds. The van der Waals surface area contributed by atoms with Gasteiger partial charge in [-0.05, 0) is 42.3 Å². The Morgan fingerprint density at radius 1 is 0.969 bits per heavy atom. The Balaban J connectivity index is 1.88. The zero-order chi connectivity index (χ0) is 23.1. The van der Waals surface area contributed by atoms with Crippen molar-refractivity contribution in [2.24, 2.45) is 0 Å². The van der Waals surface area contributed by atoms with Gasteiger partial charge in [0.2, 0.25) is 15.9 Å². The van der Waals surface area contributed by atoms with E-state index >= 15 is 0 Å². The summed E-state index contributed by atoms with van der Waals surface area (Å²) in [5, 5.41) is 2.90. The van der Waals surface area contributed by atoms with E-state index in [1.807, 2.05) is 30.3 Å². The Morgan fingerprint density at radius 3 is 2.38 bits per heavy atom. The molecule has 0 heterocycles. The zero-order valence-electron chi connectivity index (χ0n) is 17.5. The number of ether oxygens (including phenoxy) is 2. The molecule has 0 unspecified atom stereocenters. The number of amides is 1. The van der Waals surface area contributed by atoms with E-state index in [1.165, 1.54) is 32.4 Å². The summed E-state index contributed by atoms with van der Waals surface area (Å²) in [6.45, 7) is 0. The molecule has 0 spiro atoms. The van der Waals surface area contributed by atoms with Gasteiger partial charge in [-0.3, -0.25) is 4.79 Å². The minimum atomic E-state index is -4.05. The second-order valence-corrected chi connectivity index (χ2v) is 9.00. The third-order valence-electron chi connectivity index (χ3n) is 4.67. The van der Waals surface area contributed by atoms with Crippen LogP contribution in [0.4, 0.5) is 5.69 Å². The minimum absolute atomic E-state index is 0.0736. The normalized spacial score (nSPS) is 12.1. The molecule has 3 aromatic carbocycles. The van der Waals surface area contributed by atoms with Gasteiger partial charge in [-0.2, -0.15) is 4.72 Å². The fraction of sp³-hybridized carbons (Fsp3) is 0.174. The van der Waals surface area contributed by atoms with Gasteiger partial charge in [-0.15, -0.1) is 0 Å². The molecule has 7 nitrogen and oxygen atoms in total. The summed E-state index contributed by atoms with van der Waals surface area (Å²) in [7, 11) is -1.09. The van der Waals surface area contributed by atoms with E-state index < -0.39 is 22.0 Å². The number of methoxy groups -OCH3 is 2. The van der Waals surface area contributed by atoms with Crippen LogP contribution in [0.2, 0.25) is 5.02 Å². The highest BCUT2D eigenvalue weighted by molar-refractivity contribution is 7.89. The van der Waals surface area contributed by atoms with Gasteiger partial charge in [0.25, 0.3) is 0 Å². The molecule has 3 aromatic rings. The first-order valence-corrected chi connectivity index (χ1v) is 11.5.